The molecule has 0 radical (unpaired) electrons. The van der Waals surface area contributed by atoms with Crippen LogP contribution in [0.2, 0.25) is 0 Å². The maximum Gasteiger partial charge on any atom is 0.152 e. The van der Waals surface area contributed by atoms with Crippen LogP contribution in [0.4, 0.5) is 21.6 Å². The van der Waals surface area contributed by atoms with Crippen LogP contribution in [0.3, 0.4) is 0 Å². The van der Waals surface area contributed by atoms with E-state index in [1.807, 2.05) is 6.07 Å². The van der Waals surface area contributed by atoms with Gasteiger partial charge in [-0.25, -0.2) is 4.39 Å². The van der Waals surface area contributed by atoms with Gasteiger partial charge in [-0.1, -0.05) is 6.07 Å². The van der Waals surface area contributed by atoms with Gasteiger partial charge in [0, 0.05) is 7.05 Å². The van der Waals surface area contributed by atoms with Crippen molar-refractivity contribution in [3.05, 3.63) is 35.3 Å². The molecule has 18 heavy (non-hydrogen) atoms. The third kappa shape index (κ3) is 1.86. The Labute approximate surface area is 104 Å². The fourth-order valence-electron chi connectivity index (χ4n) is 1.69. The van der Waals surface area contributed by atoms with Gasteiger partial charge in [0.05, 0.1) is 17.1 Å². The molecule has 0 unspecified atom stereocenters. The molecule has 0 aliphatic rings. The Bertz CT molecular complexity index is 639. The first-order valence-electron chi connectivity index (χ1n) is 5.29. The van der Waals surface area contributed by atoms with Crippen molar-refractivity contribution >= 4 is 17.2 Å². The minimum Gasteiger partial charge on any atom is -0.394 e. The molecule has 2 aromatic rings. The van der Waals surface area contributed by atoms with Crippen LogP contribution in [0.5, 0.6) is 0 Å². The lowest BCUT2D eigenvalue weighted by Gasteiger charge is -2.09. The summed E-state index contributed by atoms with van der Waals surface area (Å²) in [7, 11) is 1.72. The minimum atomic E-state index is -0.569. The van der Waals surface area contributed by atoms with E-state index < -0.39 is 5.82 Å². The second kappa shape index (κ2) is 4.37. The van der Waals surface area contributed by atoms with Gasteiger partial charge in [-0.15, -0.1) is 0 Å². The predicted octanol–water partition coefficient (Wildman–Crippen LogP) is 2.07. The smallest absolute Gasteiger partial charge is 0.152 e. The summed E-state index contributed by atoms with van der Waals surface area (Å²) in [5.74, 6) is -0.0328. The quantitative estimate of drug-likeness (QED) is 0.848. The van der Waals surface area contributed by atoms with Gasteiger partial charge in [0.1, 0.15) is 17.4 Å². The van der Waals surface area contributed by atoms with Gasteiger partial charge in [-0.05, 0) is 19.1 Å². The van der Waals surface area contributed by atoms with E-state index in [0.717, 1.165) is 0 Å². The highest BCUT2D eigenvalue weighted by Gasteiger charge is 2.13. The van der Waals surface area contributed by atoms with Crippen LogP contribution in [0.25, 0.3) is 0 Å². The van der Waals surface area contributed by atoms with E-state index in [9.17, 15) is 4.39 Å². The first-order valence-corrected chi connectivity index (χ1v) is 5.29. The van der Waals surface area contributed by atoms with E-state index in [1.165, 1.54) is 12.1 Å². The molecular weight excluding hydrogens is 233 g/mol. The summed E-state index contributed by atoms with van der Waals surface area (Å²) in [6.45, 7) is 1.78. The summed E-state index contributed by atoms with van der Waals surface area (Å²) < 4.78 is 15.0. The van der Waals surface area contributed by atoms with Gasteiger partial charge in [0.2, 0.25) is 0 Å². The lowest BCUT2D eigenvalue weighted by atomic mass is 10.2. The molecule has 5 nitrogen and oxygen atoms in total. The maximum absolute atomic E-state index is 13.4. The van der Waals surface area contributed by atoms with E-state index in [1.54, 1.807) is 24.7 Å². The maximum atomic E-state index is 13.4. The van der Waals surface area contributed by atoms with Gasteiger partial charge in [0.15, 0.2) is 5.82 Å². The molecule has 1 aromatic carbocycles. The van der Waals surface area contributed by atoms with Crippen molar-refractivity contribution in [2.24, 2.45) is 7.05 Å². The number of rotatable bonds is 2. The molecule has 1 aromatic heterocycles. The number of anilines is 3. The van der Waals surface area contributed by atoms with E-state index in [4.69, 9.17) is 11.0 Å². The van der Waals surface area contributed by atoms with Gasteiger partial charge in [0.25, 0.3) is 0 Å². The molecule has 3 N–H and O–H groups in total. The van der Waals surface area contributed by atoms with Crippen molar-refractivity contribution < 1.29 is 4.39 Å². The average Bonchev–Trinajstić information content (AvgIpc) is 2.56. The van der Waals surface area contributed by atoms with Crippen LogP contribution in [0, 0.1) is 24.1 Å². The Hall–Kier alpha value is -2.55. The van der Waals surface area contributed by atoms with Crippen molar-refractivity contribution in [2.75, 3.05) is 11.1 Å². The summed E-state index contributed by atoms with van der Waals surface area (Å²) in [6, 6.07) is 6.20. The summed E-state index contributed by atoms with van der Waals surface area (Å²) in [5.41, 5.74) is 7.33. The molecule has 0 aliphatic carbocycles. The third-order valence-electron chi connectivity index (χ3n) is 2.65. The fourth-order valence-corrected chi connectivity index (χ4v) is 1.69. The zero-order valence-electron chi connectivity index (χ0n) is 10.0. The zero-order chi connectivity index (χ0) is 13.3. The van der Waals surface area contributed by atoms with E-state index in [-0.39, 0.29) is 5.56 Å². The number of aryl methyl sites for hydroxylation is 2. The summed E-state index contributed by atoms with van der Waals surface area (Å²) in [4.78, 5) is 0. The van der Waals surface area contributed by atoms with Gasteiger partial charge in [-0.3, -0.25) is 4.68 Å². The molecule has 0 spiro atoms. The van der Waals surface area contributed by atoms with E-state index in [0.29, 0.717) is 22.9 Å². The molecule has 92 valence electrons. The van der Waals surface area contributed by atoms with Crippen LogP contribution in [0.1, 0.15) is 11.3 Å². The topological polar surface area (TPSA) is 79.7 Å². The number of hydrogen-bond acceptors (Lipinski definition) is 4. The second-order valence-electron chi connectivity index (χ2n) is 3.87. The molecule has 0 saturated heterocycles. The number of nitrogens with one attached hydrogen (secondary N) is 1. The lowest BCUT2D eigenvalue weighted by Crippen LogP contribution is -2.03. The van der Waals surface area contributed by atoms with Crippen LogP contribution in [-0.4, -0.2) is 9.78 Å². The lowest BCUT2D eigenvalue weighted by molar-refractivity contribution is 0.624. The molecule has 6 heteroatoms. The van der Waals surface area contributed by atoms with Crippen molar-refractivity contribution in [2.45, 2.75) is 6.92 Å². The number of nitrogens with two attached hydrogens (primary N) is 1. The summed E-state index contributed by atoms with van der Waals surface area (Å²) >= 11 is 0. The molecule has 0 amide bonds. The van der Waals surface area contributed by atoms with Gasteiger partial charge >= 0.3 is 0 Å². The van der Waals surface area contributed by atoms with Crippen molar-refractivity contribution in [3.8, 4) is 6.07 Å². The van der Waals surface area contributed by atoms with Crippen LogP contribution < -0.4 is 11.1 Å². The highest BCUT2D eigenvalue weighted by atomic mass is 19.1. The van der Waals surface area contributed by atoms with Crippen LogP contribution in [-0.2, 0) is 7.05 Å². The Balaban J connectivity index is 2.47. The van der Waals surface area contributed by atoms with Gasteiger partial charge < -0.3 is 11.1 Å². The van der Waals surface area contributed by atoms with Crippen LogP contribution in [0.15, 0.2) is 18.2 Å². The first kappa shape index (κ1) is 11.9. The molecule has 2 rings (SSSR count). The molecule has 0 aliphatic heterocycles. The number of nitrogens with zero attached hydrogens (tertiary/aromatic N) is 3. The SMILES string of the molecule is Cc1nn(C)c(Nc2cccc(F)c2C#N)c1N. The van der Waals surface area contributed by atoms with Crippen molar-refractivity contribution in [1.82, 2.24) is 9.78 Å². The highest BCUT2D eigenvalue weighted by Crippen LogP contribution is 2.27. The van der Waals surface area contributed by atoms with Crippen LogP contribution >= 0.6 is 0 Å². The van der Waals surface area contributed by atoms with E-state index >= 15 is 0 Å². The Morgan fingerprint density at radius 2 is 2.22 bits per heavy atom. The minimum absolute atomic E-state index is 0.0456. The highest BCUT2D eigenvalue weighted by molar-refractivity contribution is 5.74. The normalized spacial score (nSPS) is 10.1. The number of benzene rings is 1. The molecule has 0 bridgehead atoms. The average molecular weight is 245 g/mol. The zero-order valence-corrected chi connectivity index (χ0v) is 10.0. The van der Waals surface area contributed by atoms with E-state index in [2.05, 4.69) is 10.4 Å². The summed E-state index contributed by atoms with van der Waals surface area (Å²) in [5, 5.41) is 16.0. The molecule has 0 atom stereocenters. The van der Waals surface area contributed by atoms with Crippen molar-refractivity contribution in [3.63, 3.8) is 0 Å². The number of hydrogen-bond donors (Lipinski definition) is 2. The summed E-state index contributed by atoms with van der Waals surface area (Å²) in [6.07, 6.45) is 0. The fraction of sp³-hybridized carbons (Fsp3) is 0.167. The Morgan fingerprint density at radius 3 is 2.78 bits per heavy atom. The monoisotopic (exact) mass is 245 g/mol. The first-order chi connectivity index (χ1) is 8.54. The standard InChI is InChI=1S/C12H12FN5/c1-7-11(15)12(18(2)17-7)16-10-5-3-4-9(13)8(10)6-14/h3-5,16H,15H2,1-2H3. The van der Waals surface area contributed by atoms with Crippen molar-refractivity contribution in [1.29, 1.82) is 5.26 Å². The molecule has 0 fully saturated rings. The Kier molecular flexibility index (Phi) is 2.90. The Morgan fingerprint density at radius 1 is 1.50 bits per heavy atom. The number of halogens is 1. The second-order valence-corrected chi connectivity index (χ2v) is 3.87. The molecule has 0 saturated carbocycles. The number of aromatic nitrogens is 2. The largest absolute Gasteiger partial charge is 0.394 e. The predicted molar refractivity (Wildman–Crippen MR) is 66.8 cm³/mol. The number of nitriles is 1. The number of nitrogen functional groups attached to an aromatic ring is 1. The van der Waals surface area contributed by atoms with Gasteiger partial charge in [-0.2, -0.15) is 10.4 Å². The molecule has 1 heterocycles. The third-order valence-corrected chi connectivity index (χ3v) is 2.65. The molecular formula is C12H12FN5.